The summed E-state index contributed by atoms with van der Waals surface area (Å²) in [6.45, 7) is 3.98. The molecule has 0 aromatic heterocycles. The fourth-order valence-corrected chi connectivity index (χ4v) is 1.45. The van der Waals surface area contributed by atoms with Crippen molar-refractivity contribution in [3.63, 3.8) is 0 Å². The van der Waals surface area contributed by atoms with E-state index >= 15 is 0 Å². The van der Waals surface area contributed by atoms with E-state index in [1.54, 1.807) is 0 Å². The maximum absolute atomic E-state index is 11.7. The molecule has 4 nitrogen and oxygen atoms in total. The van der Waals surface area contributed by atoms with Crippen LogP contribution in [0.1, 0.15) is 19.4 Å². The minimum absolute atomic E-state index is 0.0126. The van der Waals surface area contributed by atoms with Gasteiger partial charge >= 0.3 is 5.97 Å². The maximum atomic E-state index is 11.7. The summed E-state index contributed by atoms with van der Waals surface area (Å²) in [6.07, 6.45) is 1.45. The molecule has 0 spiro atoms. The molecule has 1 aromatic rings. The zero-order valence-electron chi connectivity index (χ0n) is 10.5. The number of hydrogen-bond donors (Lipinski definition) is 2. The first kappa shape index (κ1) is 14.0. The molecule has 0 saturated carbocycles. The average molecular weight is 247 g/mol. The lowest BCUT2D eigenvalue weighted by molar-refractivity contribution is -0.135. The number of amides is 1. The number of carbonyl (C=O) groups is 2. The fourth-order valence-electron chi connectivity index (χ4n) is 1.45. The predicted octanol–water partition coefficient (Wildman–Crippen LogP) is 1.97. The molecule has 1 aromatic carbocycles. The Kier molecular flexibility index (Phi) is 5.11. The van der Waals surface area contributed by atoms with Crippen molar-refractivity contribution in [1.82, 2.24) is 5.32 Å². The average Bonchev–Trinajstić information content (AvgIpc) is 2.34. The maximum Gasteiger partial charge on any atom is 0.340 e. The Hall–Kier alpha value is -2.10. The van der Waals surface area contributed by atoms with E-state index < -0.39 is 11.9 Å². The molecule has 1 amide bonds. The van der Waals surface area contributed by atoms with Crippen LogP contribution in [0.2, 0.25) is 0 Å². The SMILES string of the molecule is CC(C)/C=C(\C(=O)O)C(=O)NCc1ccccc1. The molecular weight excluding hydrogens is 230 g/mol. The van der Waals surface area contributed by atoms with E-state index in [2.05, 4.69) is 5.32 Å². The number of carbonyl (C=O) groups excluding carboxylic acids is 1. The second-order valence-electron chi connectivity index (χ2n) is 4.30. The molecule has 0 unspecified atom stereocenters. The summed E-state index contributed by atoms with van der Waals surface area (Å²) in [5.74, 6) is -1.74. The summed E-state index contributed by atoms with van der Waals surface area (Å²) >= 11 is 0. The van der Waals surface area contributed by atoms with Crippen LogP contribution in [-0.2, 0) is 16.1 Å². The number of aliphatic carboxylic acids is 1. The lowest BCUT2D eigenvalue weighted by Gasteiger charge is -2.07. The Morgan fingerprint density at radius 2 is 1.89 bits per heavy atom. The summed E-state index contributed by atoms with van der Waals surface area (Å²) in [5.41, 5.74) is 0.723. The van der Waals surface area contributed by atoms with Gasteiger partial charge in [-0.1, -0.05) is 50.3 Å². The van der Waals surface area contributed by atoms with E-state index in [0.29, 0.717) is 6.54 Å². The molecule has 0 atom stereocenters. The van der Waals surface area contributed by atoms with Crippen LogP contribution >= 0.6 is 0 Å². The van der Waals surface area contributed by atoms with Crippen molar-refractivity contribution in [3.8, 4) is 0 Å². The first-order chi connectivity index (χ1) is 8.50. The molecule has 0 heterocycles. The second-order valence-corrected chi connectivity index (χ2v) is 4.30. The number of carboxylic acid groups (broad SMARTS) is 1. The molecule has 1 rings (SSSR count). The van der Waals surface area contributed by atoms with Gasteiger partial charge in [-0.25, -0.2) is 4.79 Å². The molecule has 0 aliphatic carbocycles. The third-order valence-corrected chi connectivity index (χ3v) is 2.27. The Morgan fingerprint density at radius 3 is 2.39 bits per heavy atom. The molecule has 0 aliphatic heterocycles. The molecule has 0 radical (unpaired) electrons. The molecule has 0 bridgehead atoms. The topological polar surface area (TPSA) is 66.4 Å². The fraction of sp³-hybridized carbons (Fsp3) is 0.286. The van der Waals surface area contributed by atoms with Crippen LogP contribution in [0.5, 0.6) is 0 Å². The monoisotopic (exact) mass is 247 g/mol. The highest BCUT2D eigenvalue weighted by Crippen LogP contribution is 2.04. The lowest BCUT2D eigenvalue weighted by Crippen LogP contribution is -2.28. The third-order valence-electron chi connectivity index (χ3n) is 2.27. The number of carboxylic acids is 1. The smallest absolute Gasteiger partial charge is 0.340 e. The highest BCUT2D eigenvalue weighted by molar-refractivity contribution is 6.15. The van der Waals surface area contributed by atoms with Crippen LogP contribution in [0.4, 0.5) is 0 Å². The zero-order chi connectivity index (χ0) is 13.5. The molecule has 2 N–H and O–H groups in total. The summed E-state index contributed by atoms with van der Waals surface area (Å²) in [4.78, 5) is 22.7. The van der Waals surface area contributed by atoms with E-state index in [1.165, 1.54) is 6.08 Å². The minimum atomic E-state index is -1.20. The quantitative estimate of drug-likeness (QED) is 0.475. The normalized spacial score (nSPS) is 11.4. The highest BCUT2D eigenvalue weighted by Gasteiger charge is 2.17. The van der Waals surface area contributed by atoms with Crippen LogP contribution in [0, 0.1) is 5.92 Å². The lowest BCUT2D eigenvalue weighted by atomic mass is 10.1. The number of rotatable bonds is 5. The van der Waals surface area contributed by atoms with Gasteiger partial charge in [0.05, 0.1) is 0 Å². The van der Waals surface area contributed by atoms with Crippen LogP contribution in [0.25, 0.3) is 0 Å². The van der Waals surface area contributed by atoms with Crippen molar-refractivity contribution < 1.29 is 14.7 Å². The Morgan fingerprint density at radius 1 is 1.28 bits per heavy atom. The van der Waals surface area contributed by atoms with E-state index in [4.69, 9.17) is 5.11 Å². The van der Waals surface area contributed by atoms with Crippen molar-refractivity contribution >= 4 is 11.9 Å². The molecule has 0 fully saturated rings. The number of hydrogen-bond acceptors (Lipinski definition) is 2. The summed E-state index contributed by atoms with van der Waals surface area (Å²) in [6, 6.07) is 9.35. The first-order valence-electron chi connectivity index (χ1n) is 5.78. The Balaban J connectivity index is 2.66. The van der Waals surface area contributed by atoms with Gasteiger partial charge in [-0.2, -0.15) is 0 Å². The van der Waals surface area contributed by atoms with Gasteiger partial charge in [0.2, 0.25) is 0 Å². The molecular formula is C14H17NO3. The van der Waals surface area contributed by atoms with E-state index in [1.807, 2.05) is 44.2 Å². The van der Waals surface area contributed by atoms with E-state index in [0.717, 1.165) is 5.56 Å². The van der Waals surface area contributed by atoms with Gasteiger partial charge in [-0.15, -0.1) is 0 Å². The van der Waals surface area contributed by atoms with Crippen molar-refractivity contribution in [1.29, 1.82) is 0 Å². The third kappa shape index (κ3) is 4.41. The Labute approximate surface area is 106 Å². The van der Waals surface area contributed by atoms with Crippen molar-refractivity contribution in [2.75, 3.05) is 0 Å². The standard InChI is InChI=1S/C14H17NO3/c1-10(2)8-12(14(17)18)13(16)15-9-11-6-4-3-5-7-11/h3-8,10H,9H2,1-2H3,(H,15,16)(H,17,18)/b12-8-. The van der Waals surface area contributed by atoms with Gasteiger partial charge in [-0.05, 0) is 11.5 Å². The molecule has 0 aliphatic rings. The zero-order valence-corrected chi connectivity index (χ0v) is 10.5. The van der Waals surface area contributed by atoms with Crippen LogP contribution < -0.4 is 5.32 Å². The summed E-state index contributed by atoms with van der Waals surface area (Å²) in [7, 11) is 0. The number of allylic oxidation sites excluding steroid dienone is 1. The minimum Gasteiger partial charge on any atom is -0.478 e. The van der Waals surface area contributed by atoms with Crippen LogP contribution in [0.3, 0.4) is 0 Å². The predicted molar refractivity (Wildman–Crippen MR) is 68.8 cm³/mol. The van der Waals surface area contributed by atoms with Gasteiger partial charge < -0.3 is 10.4 Å². The molecule has 96 valence electrons. The van der Waals surface area contributed by atoms with E-state index in [9.17, 15) is 9.59 Å². The largest absolute Gasteiger partial charge is 0.478 e. The van der Waals surface area contributed by atoms with Gasteiger partial charge in [0.15, 0.2) is 0 Å². The summed E-state index contributed by atoms with van der Waals surface area (Å²) in [5, 5.41) is 11.6. The van der Waals surface area contributed by atoms with Gasteiger partial charge in [-0.3, -0.25) is 4.79 Å². The molecule has 18 heavy (non-hydrogen) atoms. The second kappa shape index (κ2) is 6.59. The van der Waals surface area contributed by atoms with Gasteiger partial charge in [0.1, 0.15) is 5.57 Å². The molecule has 0 saturated heterocycles. The number of benzene rings is 1. The van der Waals surface area contributed by atoms with Crippen LogP contribution in [-0.4, -0.2) is 17.0 Å². The van der Waals surface area contributed by atoms with Crippen LogP contribution in [0.15, 0.2) is 42.0 Å². The highest BCUT2D eigenvalue weighted by atomic mass is 16.4. The molecule has 4 heteroatoms. The number of nitrogens with one attached hydrogen (secondary N) is 1. The van der Waals surface area contributed by atoms with Gasteiger partial charge in [0, 0.05) is 6.54 Å². The van der Waals surface area contributed by atoms with Crippen molar-refractivity contribution in [2.45, 2.75) is 20.4 Å². The summed E-state index contributed by atoms with van der Waals surface area (Å²) < 4.78 is 0. The van der Waals surface area contributed by atoms with Crippen molar-refractivity contribution in [2.24, 2.45) is 5.92 Å². The van der Waals surface area contributed by atoms with Crippen molar-refractivity contribution in [3.05, 3.63) is 47.5 Å². The Bertz CT molecular complexity index is 449. The van der Waals surface area contributed by atoms with E-state index in [-0.39, 0.29) is 11.5 Å². The first-order valence-corrected chi connectivity index (χ1v) is 5.78. The van der Waals surface area contributed by atoms with Gasteiger partial charge in [0.25, 0.3) is 5.91 Å².